The van der Waals surface area contributed by atoms with E-state index in [2.05, 4.69) is 4.74 Å². The minimum Gasteiger partial charge on any atom is -0.481 e. The Kier molecular flexibility index (Phi) is 5.37. The Morgan fingerprint density at radius 1 is 1.43 bits per heavy atom. The molecule has 0 aliphatic heterocycles. The molecule has 1 N–H and O–H groups in total. The van der Waals surface area contributed by atoms with Crippen molar-refractivity contribution in [3.05, 3.63) is 23.3 Å². The molecule has 0 heterocycles. The Hall–Kier alpha value is -2.02. The number of nitriles is 1. The van der Waals surface area contributed by atoms with Crippen molar-refractivity contribution < 1.29 is 36.6 Å². The van der Waals surface area contributed by atoms with Crippen molar-refractivity contribution in [2.24, 2.45) is 0 Å². The monoisotopic (exact) mass is 327 g/mol. The highest BCUT2D eigenvalue weighted by Gasteiger charge is 2.32. The Labute approximate surface area is 119 Å². The fourth-order valence-corrected chi connectivity index (χ4v) is 2.13. The average Bonchev–Trinajstić information content (AvgIpc) is 2.30. The van der Waals surface area contributed by atoms with Crippen molar-refractivity contribution >= 4 is 17.7 Å². The van der Waals surface area contributed by atoms with Crippen molar-refractivity contribution in [2.45, 2.75) is 23.4 Å². The first-order chi connectivity index (χ1) is 9.64. The fraction of sp³-hybridized carbons (Fsp3) is 0.273. The molecular weight excluding hydrogens is 321 g/mol. The number of benzene rings is 1. The number of rotatable bonds is 5. The molecule has 10 heteroatoms. The molecule has 4 nitrogen and oxygen atoms in total. The minimum atomic E-state index is -4.75. The van der Waals surface area contributed by atoms with E-state index in [9.17, 15) is 26.7 Å². The van der Waals surface area contributed by atoms with Gasteiger partial charge >= 0.3 is 18.1 Å². The number of carbonyl (C=O) groups is 1. The zero-order chi connectivity index (χ0) is 16.2. The predicted octanol–water partition coefficient (Wildman–Crippen LogP) is 3.40. The molecule has 0 unspecified atom stereocenters. The van der Waals surface area contributed by atoms with Gasteiger partial charge in [-0.15, -0.1) is 0 Å². The number of hydrogen-bond acceptors (Lipinski definition) is 4. The first-order valence-electron chi connectivity index (χ1n) is 5.12. The summed E-state index contributed by atoms with van der Waals surface area (Å²) < 4.78 is 65.8. The van der Waals surface area contributed by atoms with Crippen molar-refractivity contribution in [1.29, 1.82) is 5.26 Å². The molecule has 0 saturated carbocycles. The topological polar surface area (TPSA) is 70.3 Å². The number of aliphatic carboxylic acids is 1. The Bertz CT molecular complexity index is 582. The smallest absolute Gasteiger partial charge is 0.446 e. The molecule has 21 heavy (non-hydrogen) atoms. The van der Waals surface area contributed by atoms with Gasteiger partial charge in [0.25, 0.3) is 0 Å². The summed E-state index contributed by atoms with van der Waals surface area (Å²) in [5.41, 5.74) is -5.84. The zero-order valence-electron chi connectivity index (χ0n) is 9.95. The van der Waals surface area contributed by atoms with Crippen LogP contribution in [0.4, 0.5) is 22.0 Å². The molecule has 0 saturated heterocycles. The molecule has 0 fully saturated rings. The summed E-state index contributed by atoms with van der Waals surface area (Å²) in [5, 5.41) is 17.5. The summed E-state index contributed by atoms with van der Waals surface area (Å²) in [6.45, 7) is -3.41. The lowest BCUT2D eigenvalue weighted by Gasteiger charge is -2.16. The number of nitrogens with zero attached hydrogens (tertiary/aromatic N) is 1. The minimum absolute atomic E-state index is 0.474. The molecule has 0 radical (unpaired) electrons. The van der Waals surface area contributed by atoms with Gasteiger partial charge in [0, 0.05) is 10.5 Å². The molecule has 0 spiro atoms. The quantitative estimate of drug-likeness (QED) is 0.663. The van der Waals surface area contributed by atoms with E-state index in [-0.39, 0.29) is 0 Å². The number of alkyl halides is 5. The van der Waals surface area contributed by atoms with Gasteiger partial charge in [-0.1, -0.05) is 0 Å². The van der Waals surface area contributed by atoms with Crippen LogP contribution in [0.3, 0.4) is 0 Å². The fourth-order valence-electron chi connectivity index (χ4n) is 1.46. The van der Waals surface area contributed by atoms with E-state index >= 15 is 0 Å². The Morgan fingerprint density at radius 2 is 2.05 bits per heavy atom. The maximum absolute atomic E-state index is 12.4. The van der Waals surface area contributed by atoms with E-state index in [0.29, 0.717) is 0 Å². The highest BCUT2D eigenvalue weighted by atomic mass is 32.2. The summed E-state index contributed by atoms with van der Waals surface area (Å²) in [7, 11) is 0. The van der Waals surface area contributed by atoms with E-state index < -0.39 is 58.0 Å². The van der Waals surface area contributed by atoms with Crippen LogP contribution in [0.25, 0.3) is 0 Å². The highest BCUT2D eigenvalue weighted by Crippen LogP contribution is 2.42. The highest BCUT2D eigenvalue weighted by molar-refractivity contribution is 8.00. The third-order valence-corrected chi connectivity index (χ3v) is 2.93. The van der Waals surface area contributed by atoms with Gasteiger partial charge in [-0.3, -0.25) is 4.79 Å². The lowest BCUT2D eigenvalue weighted by Crippen LogP contribution is -2.11. The van der Waals surface area contributed by atoms with Gasteiger partial charge in [0.2, 0.25) is 0 Å². The van der Waals surface area contributed by atoms with Gasteiger partial charge in [-0.2, -0.15) is 27.2 Å². The normalized spacial score (nSPS) is 11.3. The molecule has 1 aromatic rings. The van der Waals surface area contributed by atoms with Crippen LogP contribution in [0.1, 0.15) is 11.1 Å². The van der Waals surface area contributed by atoms with Gasteiger partial charge in [-0.25, -0.2) is 0 Å². The zero-order valence-corrected chi connectivity index (χ0v) is 10.8. The number of carboxylic acids is 1. The summed E-state index contributed by atoms with van der Waals surface area (Å²) in [5.74, 6) is -2.41. The van der Waals surface area contributed by atoms with E-state index in [0.717, 1.165) is 12.1 Å². The standard InChI is InChI=1S/C11H6F5NO3S/c12-10(13)20-9-5(4-17)1-2-7(21-11(14,15)16)6(9)3-8(18)19/h1-2,10H,3H2,(H,18,19). The van der Waals surface area contributed by atoms with Crippen LogP contribution in [-0.2, 0) is 11.2 Å². The van der Waals surface area contributed by atoms with Gasteiger partial charge in [0.15, 0.2) is 0 Å². The third-order valence-electron chi connectivity index (χ3n) is 2.10. The molecule has 1 rings (SSSR count). The molecule has 0 bridgehead atoms. The van der Waals surface area contributed by atoms with Crippen LogP contribution in [0.15, 0.2) is 17.0 Å². The first kappa shape index (κ1) is 17.0. The second kappa shape index (κ2) is 6.62. The van der Waals surface area contributed by atoms with Crippen LogP contribution in [-0.4, -0.2) is 23.2 Å². The van der Waals surface area contributed by atoms with Gasteiger partial charge in [-0.05, 0) is 23.9 Å². The molecule has 0 atom stereocenters. The van der Waals surface area contributed by atoms with Crippen molar-refractivity contribution in [2.75, 3.05) is 0 Å². The Balaban J connectivity index is 3.44. The molecular formula is C11H6F5NO3S. The summed E-state index contributed by atoms with van der Waals surface area (Å²) in [6.07, 6.45) is -0.990. The number of carboxylic acid groups (broad SMARTS) is 1. The maximum Gasteiger partial charge on any atom is 0.446 e. The average molecular weight is 327 g/mol. The Morgan fingerprint density at radius 3 is 2.48 bits per heavy atom. The van der Waals surface area contributed by atoms with Crippen molar-refractivity contribution in [3.63, 3.8) is 0 Å². The summed E-state index contributed by atoms with van der Waals surface area (Å²) >= 11 is -0.668. The number of ether oxygens (including phenoxy) is 1. The lowest BCUT2D eigenvalue weighted by molar-refractivity contribution is -0.136. The number of halogens is 5. The molecule has 1 aromatic carbocycles. The van der Waals surface area contributed by atoms with E-state index in [1.165, 1.54) is 6.07 Å². The van der Waals surface area contributed by atoms with Gasteiger partial charge < -0.3 is 9.84 Å². The van der Waals surface area contributed by atoms with Gasteiger partial charge in [0.05, 0.1) is 12.0 Å². The van der Waals surface area contributed by atoms with E-state index in [1.54, 1.807) is 0 Å². The summed E-state index contributed by atoms with van der Waals surface area (Å²) in [4.78, 5) is 10.1. The number of hydrogen-bond donors (Lipinski definition) is 1. The van der Waals surface area contributed by atoms with Crippen LogP contribution in [0, 0.1) is 11.3 Å². The number of thioether (sulfide) groups is 1. The lowest BCUT2D eigenvalue weighted by atomic mass is 10.1. The van der Waals surface area contributed by atoms with Gasteiger partial charge in [0.1, 0.15) is 11.8 Å². The van der Waals surface area contributed by atoms with Crippen molar-refractivity contribution in [1.82, 2.24) is 0 Å². The molecule has 0 aliphatic carbocycles. The first-order valence-corrected chi connectivity index (χ1v) is 5.94. The molecule has 0 aromatic heterocycles. The molecule has 0 aliphatic rings. The predicted molar refractivity (Wildman–Crippen MR) is 61.0 cm³/mol. The SMILES string of the molecule is N#Cc1ccc(SC(F)(F)F)c(CC(=O)O)c1OC(F)F. The van der Waals surface area contributed by atoms with Crippen LogP contribution < -0.4 is 4.74 Å². The van der Waals surface area contributed by atoms with Crippen molar-refractivity contribution in [3.8, 4) is 11.8 Å². The van der Waals surface area contributed by atoms with E-state index in [1.807, 2.05) is 0 Å². The van der Waals surface area contributed by atoms with E-state index in [4.69, 9.17) is 10.4 Å². The van der Waals surface area contributed by atoms with Crippen LogP contribution >= 0.6 is 11.8 Å². The third kappa shape index (κ3) is 5.11. The second-order valence-corrected chi connectivity index (χ2v) is 4.63. The summed E-state index contributed by atoms with van der Waals surface area (Å²) in [6, 6.07) is 3.16. The second-order valence-electron chi connectivity index (χ2n) is 3.53. The largest absolute Gasteiger partial charge is 0.481 e. The maximum atomic E-state index is 12.4. The van der Waals surface area contributed by atoms with Crippen LogP contribution in [0.5, 0.6) is 5.75 Å². The van der Waals surface area contributed by atoms with Crippen LogP contribution in [0.2, 0.25) is 0 Å². The molecule has 0 amide bonds. The molecule has 114 valence electrons.